The summed E-state index contributed by atoms with van der Waals surface area (Å²) in [4.78, 5) is 11.7. The predicted molar refractivity (Wildman–Crippen MR) is 66.2 cm³/mol. The summed E-state index contributed by atoms with van der Waals surface area (Å²) in [5, 5.41) is 0. The Labute approximate surface area is 97.2 Å². The Morgan fingerprint density at radius 2 is 1.94 bits per heavy atom. The van der Waals surface area contributed by atoms with Gasteiger partial charge in [0.25, 0.3) is 0 Å². The zero-order valence-electron chi connectivity index (χ0n) is 9.94. The molecule has 1 nitrogen and oxygen atoms in total. The number of carbonyl (C=O) groups is 1. The van der Waals surface area contributed by atoms with E-state index in [-0.39, 0.29) is 5.92 Å². The third-order valence-electron chi connectivity index (χ3n) is 3.32. The zero-order chi connectivity index (χ0) is 11.5. The third-order valence-corrected chi connectivity index (χ3v) is 3.32. The lowest BCUT2D eigenvalue weighted by Crippen LogP contribution is -2.22. The van der Waals surface area contributed by atoms with Crippen LogP contribution in [-0.4, -0.2) is 5.78 Å². The van der Waals surface area contributed by atoms with E-state index in [0.29, 0.717) is 11.7 Å². The van der Waals surface area contributed by atoms with Gasteiger partial charge in [0.2, 0.25) is 0 Å². The van der Waals surface area contributed by atoms with Gasteiger partial charge in [-0.2, -0.15) is 0 Å². The highest BCUT2D eigenvalue weighted by Crippen LogP contribution is 2.27. The normalized spacial score (nSPS) is 25.4. The number of hydrogen-bond donors (Lipinski definition) is 0. The maximum absolute atomic E-state index is 11.7. The van der Waals surface area contributed by atoms with Crippen molar-refractivity contribution in [1.82, 2.24) is 0 Å². The van der Waals surface area contributed by atoms with E-state index in [0.717, 1.165) is 18.4 Å². The van der Waals surface area contributed by atoms with Gasteiger partial charge in [0.05, 0.1) is 0 Å². The van der Waals surface area contributed by atoms with Crippen molar-refractivity contribution in [3.63, 3.8) is 0 Å². The van der Waals surface area contributed by atoms with Gasteiger partial charge in [-0.05, 0) is 36.8 Å². The molecule has 2 unspecified atom stereocenters. The lowest BCUT2D eigenvalue weighted by molar-refractivity contribution is -0.119. The molecule has 0 bridgehead atoms. The SMILES string of the molecule is CC1=CC(Cc2ccccc2)CC(C)C1=O. The van der Waals surface area contributed by atoms with Gasteiger partial charge >= 0.3 is 0 Å². The van der Waals surface area contributed by atoms with Gasteiger partial charge < -0.3 is 0 Å². The first-order chi connectivity index (χ1) is 7.66. The molecule has 0 saturated carbocycles. The average Bonchev–Trinajstić information content (AvgIpc) is 2.27. The van der Waals surface area contributed by atoms with Crippen molar-refractivity contribution in [1.29, 1.82) is 0 Å². The first-order valence-corrected chi connectivity index (χ1v) is 5.93. The Kier molecular flexibility index (Phi) is 3.23. The van der Waals surface area contributed by atoms with Gasteiger partial charge in [0, 0.05) is 5.92 Å². The van der Waals surface area contributed by atoms with E-state index in [1.165, 1.54) is 5.56 Å². The van der Waals surface area contributed by atoms with E-state index < -0.39 is 0 Å². The Bertz CT molecular complexity index is 403. The number of rotatable bonds is 2. The molecule has 0 saturated heterocycles. The molecule has 0 aliphatic heterocycles. The molecule has 1 aromatic rings. The molecule has 1 aliphatic rings. The second kappa shape index (κ2) is 4.65. The van der Waals surface area contributed by atoms with Crippen molar-refractivity contribution in [3.05, 3.63) is 47.5 Å². The molecule has 0 radical (unpaired) electrons. The summed E-state index contributed by atoms with van der Waals surface area (Å²) in [5.41, 5.74) is 2.30. The monoisotopic (exact) mass is 214 g/mol. The van der Waals surface area contributed by atoms with Crippen LogP contribution < -0.4 is 0 Å². The van der Waals surface area contributed by atoms with E-state index in [1.54, 1.807) is 0 Å². The van der Waals surface area contributed by atoms with Gasteiger partial charge in [0.1, 0.15) is 0 Å². The number of allylic oxidation sites excluding steroid dienone is 2. The Morgan fingerprint density at radius 1 is 1.25 bits per heavy atom. The summed E-state index contributed by atoms with van der Waals surface area (Å²) in [7, 11) is 0. The molecule has 1 aromatic carbocycles. The molecule has 0 amide bonds. The number of hydrogen-bond acceptors (Lipinski definition) is 1. The second-order valence-corrected chi connectivity index (χ2v) is 4.80. The first-order valence-electron chi connectivity index (χ1n) is 5.93. The fourth-order valence-corrected chi connectivity index (χ4v) is 2.51. The Morgan fingerprint density at radius 3 is 2.56 bits per heavy atom. The molecule has 0 aromatic heterocycles. The number of ketones is 1. The van der Waals surface area contributed by atoms with Gasteiger partial charge in [-0.1, -0.05) is 43.3 Å². The summed E-state index contributed by atoms with van der Waals surface area (Å²) >= 11 is 0. The van der Waals surface area contributed by atoms with Crippen LogP contribution in [0.3, 0.4) is 0 Å². The highest BCUT2D eigenvalue weighted by atomic mass is 16.1. The van der Waals surface area contributed by atoms with E-state index in [1.807, 2.05) is 19.9 Å². The molecule has 0 heterocycles. The van der Waals surface area contributed by atoms with E-state index in [4.69, 9.17) is 0 Å². The topological polar surface area (TPSA) is 17.1 Å². The molecule has 84 valence electrons. The van der Waals surface area contributed by atoms with E-state index in [2.05, 4.69) is 30.3 Å². The van der Waals surface area contributed by atoms with Gasteiger partial charge in [-0.15, -0.1) is 0 Å². The standard InChI is InChI=1S/C15H18O/c1-11-8-14(9-12(2)15(11)16)10-13-6-4-3-5-7-13/h3-8,12,14H,9-10H2,1-2H3. The summed E-state index contributed by atoms with van der Waals surface area (Å²) in [6, 6.07) is 10.5. The van der Waals surface area contributed by atoms with Crippen LogP contribution in [-0.2, 0) is 11.2 Å². The fourth-order valence-electron chi connectivity index (χ4n) is 2.51. The molecule has 2 rings (SSSR count). The van der Waals surface area contributed by atoms with Gasteiger partial charge in [0.15, 0.2) is 5.78 Å². The largest absolute Gasteiger partial charge is 0.294 e. The minimum atomic E-state index is 0.193. The van der Waals surface area contributed by atoms with Crippen molar-refractivity contribution in [2.45, 2.75) is 26.7 Å². The Balaban J connectivity index is 2.10. The quantitative estimate of drug-likeness (QED) is 0.737. The molecule has 1 heteroatoms. The van der Waals surface area contributed by atoms with E-state index in [9.17, 15) is 4.79 Å². The third kappa shape index (κ3) is 2.41. The lowest BCUT2D eigenvalue weighted by Gasteiger charge is -2.23. The van der Waals surface area contributed by atoms with Crippen LogP contribution in [0.2, 0.25) is 0 Å². The number of carbonyl (C=O) groups excluding carboxylic acids is 1. The Hall–Kier alpha value is -1.37. The van der Waals surface area contributed by atoms with Crippen molar-refractivity contribution >= 4 is 5.78 Å². The predicted octanol–water partition coefficient (Wildman–Crippen LogP) is 3.40. The molecule has 0 spiro atoms. The van der Waals surface area contributed by atoms with Crippen molar-refractivity contribution in [2.24, 2.45) is 11.8 Å². The van der Waals surface area contributed by atoms with Crippen LogP contribution in [0, 0.1) is 11.8 Å². The minimum Gasteiger partial charge on any atom is -0.294 e. The van der Waals surface area contributed by atoms with Crippen LogP contribution in [0.4, 0.5) is 0 Å². The summed E-state index contributed by atoms with van der Waals surface area (Å²) in [6.45, 7) is 3.98. The minimum absolute atomic E-state index is 0.193. The van der Waals surface area contributed by atoms with Crippen LogP contribution in [0.5, 0.6) is 0 Å². The molecule has 16 heavy (non-hydrogen) atoms. The number of benzene rings is 1. The van der Waals surface area contributed by atoms with Crippen LogP contribution in [0.25, 0.3) is 0 Å². The smallest absolute Gasteiger partial charge is 0.161 e. The lowest BCUT2D eigenvalue weighted by atomic mass is 9.80. The highest BCUT2D eigenvalue weighted by Gasteiger charge is 2.24. The second-order valence-electron chi connectivity index (χ2n) is 4.80. The van der Waals surface area contributed by atoms with Gasteiger partial charge in [-0.25, -0.2) is 0 Å². The molecular formula is C15H18O. The molecule has 0 N–H and O–H groups in total. The summed E-state index contributed by atoms with van der Waals surface area (Å²) in [6.07, 6.45) is 4.19. The van der Waals surface area contributed by atoms with E-state index >= 15 is 0 Å². The number of Topliss-reactive ketones (excluding diaryl/α,β-unsaturated/α-hetero) is 1. The van der Waals surface area contributed by atoms with Crippen LogP contribution in [0.1, 0.15) is 25.8 Å². The van der Waals surface area contributed by atoms with Crippen LogP contribution >= 0.6 is 0 Å². The highest BCUT2D eigenvalue weighted by molar-refractivity contribution is 5.97. The maximum atomic E-state index is 11.7. The summed E-state index contributed by atoms with van der Waals surface area (Å²) < 4.78 is 0. The maximum Gasteiger partial charge on any atom is 0.161 e. The first kappa shape index (κ1) is 11.1. The molecule has 1 aliphatic carbocycles. The molecule has 0 fully saturated rings. The molecule has 2 atom stereocenters. The zero-order valence-corrected chi connectivity index (χ0v) is 9.94. The average molecular weight is 214 g/mol. The van der Waals surface area contributed by atoms with Crippen molar-refractivity contribution in [3.8, 4) is 0 Å². The summed E-state index contributed by atoms with van der Waals surface area (Å²) in [5.74, 6) is 1.04. The van der Waals surface area contributed by atoms with Crippen molar-refractivity contribution < 1.29 is 4.79 Å². The fraction of sp³-hybridized carbons (Fsp3) is 0.400. The van der Waals surface area contributed by atoms with Crippen molar-refractivity contribution in [2.75, 3.05) is 0 Å². The molecular weight excluding hydrogens is 196 g/mol. The van der Waals surface area contributed by atoms with Crippen LogP contribution in [0.15, 0.2) is 42.0 Å². The van der Waals surface area contributed by atoms with Gasteiger partial charge in [-0.3, -0.25) is 4.79 Å².